The van der Waals surface area contributed by atoms with Crippen molar-refractivity contribution in [3.8, 4) is 0 Å². The van der Waals surface area contributed by atoms with Crippen LogP contribution in [0.5, 0.6) is 0 Å². The Kier molecular flexibility index (Phi) is 17.5. The number of nitrogens with zero attached hydrogens (tertiary/aromatic N) is 2. The summed E-state index contributed by atoms with van der Waals surface area (Å²) in [5, 5.41) is 0. The van der Waals surface area contributed by atoms with Crippen molar-refractivity contribution < 1.29 is 0 Å². The Morgan fingerprint density at radius 2 is 0.914 bits per heavy atom. The second-order valence-electron chi connectivity index (χ2n) is 10.8. The zero-order chi connectivity index (χ0) is 26.3. The van der Waals surface area contributed by atoms with Crippen molar-refractivity contribution >= 4 is 53.2 Å². The Hall–Kier alpha value is 0.757. The molecule has 0 saturated carbocycles. The molecule has 0 aliphatic carbocycles. The molecule has 0 aromatic carbocycles. The van der Waals surface area contributed by atoms with Gasteiger partial charge >= 0.3 is 236 Å². The summed E-state index contributed by atoms with van der Waals surface area (Å²) in [6.45, 7) is 13.6. The van der Waals surface area contributed by atoms with Crippen molar-refractivity contribution in [2.45, 2.75) is 145 Å². The molecule has 0 saturated heterocycles. The normalized spacial score (nSPS) is 12.4. The maximum absolute atomic E-state index is 14.6. The van der Waals surface area contributed by atoms with E-state index in [2.05, 4.69) is 60.3 Å². The van der Waals surface area contributed by atoms with Gasteiger partial charge < -0.3 is 0 Å². The fourth-order valence-corrected chi connectivity index (χ4v) is 39.2. The molecule has 0 aliphatic heterocycles. The van der Waals surface area contributed by atoms with Crippen LogP contribution in [0.15, 0.2) is 20.3 Å². The Bertz CT molecular complexity index is 794. The minimum atomic E-state index is -3.27. The third-order valence-electron chi connectivity index (χ3n) is 8.01. The molecule has 1 aromatic rings. The van der Waals surface area contributed by atoms with Gasteiger partial charge in [-0.2, -0.15) is 0 Å². The summed E-state index contributed by atoms with van der Waals surface area (Å²) in [4.78, 5) is 28.4. The van der Waals surface area contributed by atoms with E-state index >= 15 is 0 Å². The van der Waals surface area contributed by atoms with Crippen LogP contribution in [0, 0.1) is 0 Å². The van der Waals surface area contributed by atoms with E-state index in [1.165, 1.54) is 51.8 Å². The van der Waals surface area contributed by atoms with Crippen LogP contribution in [-0.2, 0) is 0 Å². The van der Waals surface area contributed by atoms with Gasteiger partial charge in [0.15, 0.2) is 0 Å². The van der Waals surface area contributed by atoms with Crippen LogP contribution in [-0.4, -0.2) is 42.9 Å². The first-order chi connectivity index (χ1) is 16.8. The molecule has 1 heterocycles. The van der Waals surface area contributed by atoms with Gasteiger partial charge in [-0.25, -0.2) is 0 Å². The molecule has 0 aliphatic rings. The van der Waals surface area contributed by atoms with Gasteiger partial charge in [-0.3, -0.25) is 0 Å². The molecule has 7 heteroatoms. The van der Waals surface area contributed by atoms with Crippen LogP contribution in [0.1, 0.15) is 119 Å². The van der Waals surface area contributed by atoms with Gasteiger partial charge in [0.1, 0.15) is 0 Å². The van der Waals surface area contributed by atoms with Crippen LogP contribution in [0.2, 0.25) is 26.6 Å². The predicted molar refractivity (Wildman–Crippen MR) is 163 cm³/mol. The van der Waals surface area contributed by atoms with E-state index in [1.54, 1.807) is 0 Å². The average molecular weight is 769 g/mol. The molecule has 204 valence electrons. The number of hydrogen-bond acceptors (Lipinski definition) is 2. The van der Waals surface area contributed by atoms with E-state index in [1.807, 2.05) is 8.99 Å². The van der Waals surface area contributed by atoms with Gasteiger partial charge in [-0.15, -0.1) is 0 Å². The molecular weight excluding hydrogens is 714 g/mol. The fraction of sp³-hybridized carbons (Fsp3) is 0.857. The first-order valence-electron chi connectivity index (χ1n) is 14.9. The van der Waals surface area contributed by atoms with Gasteiger partial charge in [-0.1, -0.05) is 0 Å². The Morgan fingerprint density at radius 3 is 1.23 bits per heavy atom. The zero-order valence-electron chi connectivity index (χ0n) is 23.9. The minimum absolute atomic E-state index is 0.00739. The molecule has 0 fully saturated rings. The van der Waals surface area contributed by atoms with E-state index in [0.717, 1.165) is 51.8 Å². The first kappa shape index (κ1) is 33.8. The van der Waals surface area contributed by atoms with Gasteiger partial charge in [0.05, 0.1) is 0 Å². The standard InChI is InChI=1S/C4H3BrN2O2.6C4H9.2Sn/c5-2-1-6-4(9)7-3(2)8;6*1-3-4-2;;/h1H,(H2,6,7,8,9);6*1,3-4H2,2H3;;/q;;;;;;;2*+1/p-2. The third kappa shape index (κ3) is 9.47. The number of unbranched alkanes of at least 4 members (excludes halogenated alkanes) is 6. The van der Waals surface area contributed by atoms with Crippen molar-refractivity contribution in [1.29, 1.82) is 0 Å². The van der Waals surface area contributed by atoms with Crippen LogP contribution >= 0.6 is 15.9 Å². The van der Waals surface area contributed by atoms with Crippen molar-refractivity contribution in [2.75, 3.05) is 0 Å². The molecule has 4 nitrogen and oxygen atoms in total. The summed E-state index contributed by atoms with van der Waals surface area (Å²) in [5.41, 5.74) is 0.114. The topological polar surface area (TPSA) is 44.0 Å². The van der Waals surface area contributed by atoms with Gasteiger partial charge in [-0.05, 0) is 0 Å². The number of aromatic nitrogens is 2. The molecule has 0 atom stereocenters. The Morgan fingerprint density at radius 1 is 0.600 bits per heavy atom. The predicted octanol–water partition coefficient (Wildman–Crippen LogP) is 9.16. The molecule has 0 radical (unpaired) electrons. The summed E-state index contributed by atoms with van der Waals surface area (Å²) in [6.07, 6.45) is 16.0. The van der Waals surface area contributed by atoms with Crippen LogP contribution in [0.25, 0.3) is 0 Å². The summed E-state index contributed by atoms with van der Waals surface area (Å²) in [6, 6.07) is 0. The summed E-state index contributed by atoms with van der Waals surface area (Å²) < 4.78 is 12.0. The molecule has 1 rings (SSSR count). The van der Waals surface area contributed by atoms with Crippen LogP contribution < -0.4 is 11.2 Å². The van der Waals surface area contributed by atoms with Crippen molar-refractivity contribution in [1.82, 2.24) is 5.58 Å². The van der Waals surface area contributed by atoms with Gasteiger partial charge in [0.2, 0.25) is 0 Å². The van der Waals surface area contributed by atoms with Gasteiger partial charge in [0.25, 0.3) is 0 Å². The molecule has 35 heavy (non-hydrogen) atoms. The molecule has 0 bridgehead atoms. The quantitative estimate of drug-likeness (QED) is 0.124. The maximum atomic E-state index is 14.6. The van der Waals surface area contributed by atoms with Crippen LogP contribution in [0.4, 0.5) is 0 Å². The summed E-state index contributed by atoms with van der Waals surface area (Å²) >= 11 is -2.63. The van der Waals surface area contributed by atoms with E-state index in [0.29, 0.717) is 4.47 Å². The van der Waals surface area contributed by atoms with Crippen LogP contribution in [0.3, 0.4) is 0 Å². The molecular formula is C28H55BrN2O2Sn2. The molecule has 0 unspecified atom stereocenters. The second kappa shape index (κ2) is 18.1. The first-order valence-corrected chi connectivity index (χ1v) is 30.3. The second-order valence-corrected chi connectivity index (χ2v) is 36.9. The van der Waals surface area contributed by atoms with E-state index < -0.39 is 37.3 Å². The fourth-order valence-electron chi connectivity index (χ4n) is 5.77. The molecule has 0 N–H and O–H groups in total. The Balaban J connectivity index is 3.95. The molecule has 1 aromatic heterocycles. The monoisotopic (exact) mass is 770 g/mol. The summed E-state index contributed by atoms with van der Waals surface area (Å²) in [7, 11) is 0. The zero-order valence-corrected chi connectivity index (χ0v) is 31.2. The van der Waals surface area contributed by atoms with Crippen molar-refractivity contribution in [2.24, 2.45) is 0 Å². The molecule has 0 spiro atoms. The SMILES string of the molecule is CCC[CH2][Sn]([CH2]CCC)([CH2]CCC)[n]1cc(Br)c(=O)[n]([Sn]([CH2]CCC)([CH2]CCC)[CH2]CCC)c1=O. The average Bonchev–Trinajstić information content (AvgIpc) is 2.86. The van der Waals surface area contributed by atoms with Crippen molar-refractivity contribution in [3.63, 3.8) is 0 Å². The third-order valence-corrected chi connectivity index (χ3v) is 38.2. The van der Waals surface area contributed by atoms with E-state index in [-0.39, 0.29) is 11.2 Å². The van der Waals surface area contributed by atoms with Crippen molar-refractivity contribution in [3.05, 3.63) is 31.5 Å². The van der Waals surface area contributed by atoms with E-state index in [4.69, 9.17) is 0 Å². The number of rotatable bonds is 20. The number of hydrogen-bond donors (Lipinski definition) is 0. The molecule has 0 amide bonds. The number of halogens is 1. The summed E-state index contributed by atoms with van der Waals surface area (Å²) in [5.74, 6) is 0. The Labute approximate surface area is 233 Å². The van der Waals surface area contributed by atoms with Gasteiger partial charge in [0, 0.05) is 0 Å². The van der Waals surface area contributed by atoms with E-state index in [9.17, 15) is 9.59 Å².